The number of nitro benzene ring substituents is 1. The third kappa shape index (κ3) is 3.21. The van der Waals surface area contributed by atoms with Gasteiger partial charge in [0, 0.05) is 22.6 Å². The largest absolute Gasteiger partial charge is 0.455 e. The number of aromatic nitrogens is 2. The number of benzene rings is 1. The first-order chi connectivity index (χ1) is 9.49. The molecule has 0 fully saturated rings. The molecular formula is C10H5Cl2N3O4S. The summed E-state index contributed by atoms with van der Waals surface area (Å²) in [5.41, 5.74) is -0.328. The molecule has 10 heteroatoms. The zero-order valence-electron chi connectivity index (χ0n) is 9.58. The second-order valence-corrected chi connectivity index (χ2v) is 5.28. The maximum Gasteiger partial charge on any atom is 0.345 e. The highest BCUT2D eigenvalue weighted by atomic mass is 35.5. The summed E-state index contributed by atoms with van der Waals surface area (Å²) in [6.07, 6.45) is 0. The number of esters is 1. The highest BCUT2D eigenvalue weighted by Crippen LogP contribution is 2.25. The molecule has 0 atom stereocenters. The second kappa shape index (κ2) is 6.12. The van der Waals surface area contributed by atoms with E-state index in [2.05, 4.69) is 9.59 Å². The average molecular weight is 334 g/mol. The summed E-state index contributed by atoms with van der Waals surface area (Å²) in [5.74, 6) is -0.863. The van der Waals surface area contributed by atoms with Crippen molar-refractivity contribution in [2.45, 2.75) is 6.61 Å². The van der Waals surface area contributed by atoms with Crippen LogP contribution >= 0.6 is 34.7 Å². The molecule has 0 aliphatic heterocycles. The average Bonchev–Trinajstić information content (AvgIpc) is 2.81. The highest BCUT2D eigenvalue weighted by Gasteiger charge is 2.22. The molecule has 0 unspecified atom stereocenters. The van der Waals surface area contributed by atoms with Gasteiger partial charge in [-0.05, 0) is 12.1 Å². The quantitative estimate of drug-likeness (QED) is 0.484. The fourth-order valence-corrected chi connectivity index (χ4v) is 2.09. The number of rotatable bonds is 4. The second-order valence-electron chi connectivity index (χ2n) is 3.49. The van der Waals surface area contributed by atoms with Gasteiger partial charge in [-0.3, -0.25) is 10.1 Å². The normalized spacial score (nSPS) is 10.3. The van der Waals surface area contributed by atoms with Crippen molar-refractivity contribution in [3.8, 4) is 0 Å². The molecule has 0 N–H and O–H groups in total. The Hall–Kier alpha value is -1.77. The number of carbonyl (C=O) groups is 1. The Bertz CT molecular complexity index is 676. The number of carbonyl (C=O) groups excluding carboxylic acids is 1. The van der Waals surface area contributed by atoms with E-state index < -0.39 is 16.6 Å². The molecule has 1 aromatic carbocycles. The summed E-state index contributed by atoms with van der Waals surface area (Å²) in [5, 5.41) is 14.7. The lowest BCUT2D eigenvalue weighted by Gasteiger charge is -2.04. The van der Waals surface area contributed by atoms with E-state index in [4.69, 9.17) is 27.9 Å². The number of halogens is 2. The minimum absolute atomic E-state index is 0.153. The lowest BCUT2D eigenvalue weighted by atomic mass is 10.2. The van der Waals surface area contributed by atoms with E-state index in [1.165, 1.54) is 12.1 Å². The number of hydrogen-bond donors (Lipinski definition) is 0. The van der Waals surface area contributed by atoms with Gasteiger partial charge in [0.2, 0.25) is 0 Å². The summed E-state index contributed by atoms with van der Waals surface area (Å²) in [6, 6.07) is 3.67. The molecule has 1 aromatic heterocycles. The Morgan fingerprint density at radius 2 is 2.20 bits per heavy atom. The zero-order chi connectivity index (χ0) is 14.7. The lowest BCUT2D eigenvalue weighted by Crippen LogP contribution is -2.08. The van der Waals surface area contributed by atoms with Crippen molar-refractivity contribution >= 4 is 46.4 Å². The summed E-state index contributed by atoms with van der Waals surface area (Å²) >= 11 is 12.4. The summed E-state index contributed by atoms with van der Waals surface area (Å²) in [6.45, 7) is -0.214. The predicted molar refractivity (Wildman–Crippen MR) is 72.1 cm³/mol. The maximum atomic E-state index is 11.8. The van der Waals surface area contributed by atoms with Crippen LogP contribution in [0.1, 0.15) is 16.1 Å². The van der Waals surface area contributed by atoms with E-state index in [0.717, 1.165) is 17.6 Å². The van der Waals surface area contributed by atoms with Gasteiger partial charge in [-0.1, -0.05) is 27.7 Å². The summed E-state index contributed by atoms with van der Waals surface area (Å²) < 4.78 is 8.78. The van der Waals surface area contributed by atoms with Crippen molar-refractivity contribution < 1.29 is 14.5 Å². The number of ether oxygens (including phenoxy) is 1. The minimum Gasteiger partial charge on any atom is -0.455 e. The smallest absolute Gasteiger partial charge is 0.345 e. The van der Waals surface area contributed by atoms with Crippen molar-refractivity contribution in [3.05, 3.63) is 48.9 Å². The highest BCUT2D eigenvalue weighted by molar-refractivity contribution is 7.10. The molecule has 1 heterocycles. The van der Waals surface area contributed by atoms with Crippen LogP contribution < -0.4 is 0 Å². The number of hydrogen-bond acceptors (Lipinski definition) is 7. The Morgan fingerprint density at radius 1 is 1.45 bits per heavy atom. The van der Waals surface area contributed by atoms with Crippen molar-refractivity contribution in [3.63, 3.8) is 0 Å². The van der Waals surface area contributed by atoms with Crippen LogP contribution in [0, 0.1) is 10.1 Å². The van der Waals surface area contributed by atoms with Gasteiger partial charge in [0.25, 0.3) is 5.69 Å². The van der Waals surface area contributed by atoms with Gasteiger partial charge in [-0.2, -0.15) is 0 Å². The molecule has 0 saturated heterocycles. The minimum atomic E-state index is -0.863. The van der Waals surface area contributed by atoms with E-state index in [0.29, 0.717) is 10.0 Å². The fraction of sp³-hybridized carbons (Fsp3) is 0.100. The molecular weight excluding hydrogens is 329 g/mol. The molecule has 2 aromatic rings. The van der Waals surface area contributed by atoms with Crippen LogP contribution in [-0.2, 0) is 11.3 Å². The van der Waals surface area contributed by atoms with E-state index >= 15 is 0 Å². The standard InChI is InChI=1S/C10H5Cl2N3O4S/c11-5-1-2-6(8(3-5)15(17)18)10(16)19-4-7-9(12)20-14-13-7/h1-3H,4H2. The van der Waals surface area contributed by atoms with Crippen molar-refractivity contribution in [1.29, 1.82) is 0 Å². The van der Waals surface area contributed by atoms with Gasteiger partial charge >= 0.3 is 5.97 Å². The van der Waals surface area contributed by atoms with Crippen LogP contribution in [0.15, 0.2) is 18.2 Å². The molecule has 0 saturated carbocycles. The van der Waals surface area contributed by atoms with Crippen LogP contribution in [0.3, 0.4) is 0 Å². The van der Waals surface area contributed by atoms with Crippen LogP contribution in [0.25, 0.3) is 0 Å². The van der Waals surface area contributed by atoms with Gasteiger partial charge < -0.3 is 4.74 Å². The molecule has 0 spiro atoms. The maximum absolute atomic E-state index is 11.8. The Labute approximate surface area is 126 Å². The molecule has 0 aliphatic rings. The monoisotopic (exact) mass is 333 g/mol. The van der Waals surface area contributed by atoms with Crippen molar-refractivity contribution in [2.24, 2.45) is 0 Å². The third-order valence-corrected chi connectivity index (χ3v) is 3.45. The van der Waals surface area contributed by atoms with Gasteiger partial charge in [0.15, 0.2) is 0 Å². The molecule has 104 valence electrons. The molecule has 0 amide bonds. The number of nitro groups is 1. The summed E-state index contributed by atoms with van der Waals surface area (Å²) in [4.78, 5) is 22.0. The van der Waals surface area contributed by atoms with Gasteiger partial charge in [-0.15, -0.1) is 5.10 Å². The van der Waals surface area contributed by atoms with Gasteiger partial charge in [0.1, 0.15) is 22.2 Å². The third-order valence-electron chi connectivity index (χ3n) is 2.23. The molecule has 7 nitrogen and oxygen atoms in total. The predicted octanol–water partition coefficient (Wildman–Crippen LogP) is 3.11. The van der Waals surface area contributed by atoms with E-state index in [9.17, 15) is 14.9 Å². The summed E-state index contributed by atoms with van der Waals surface area (Å²) in [7, 11) is 0. The topological polar surface area (TPSA) is 95.2 Å². The van der Waals surface area contributed by atoms with Crippen molar-refractivity contribution in [1.82, 2.24) is 9.59 Å². The fourth-order valence-electron chi connectivity index (χ4n) is 1.32. The van der Waals surface area contributed by atoms with Crippen LogP contribution in [-0.4, -0.2) is 20.5 Å². The molecule has 0 aliphatic carbocycles. The SMILES string of the molecule is O=C(OCc1nnsc1Cl)c1ccc(Cl)cc1[N+](=O)[O-]. The number of nitrogens with zero attached hydrogens (tertiary/aromatic N) is 3. The Balaban J connectivity index is 2.17. The van der Waals surface area contributed by atoms with E-state index in [-0.39, 0.29) is 17.2 Å². The first kappa shape index (κ1) is 14.6. The zero-order valence-corrected chi connectivity index (χ0v) is 11.9. The molecule has 0 bridgehead atoms. The molecule has 2 rings (SSSR count). The Morgan fingerprint density at radius 3 is 2.80 bits per heavy atom. The lowest BCUT2D eigenvalue weighted by molar-refractivity contribution is -0.385. The molecule has 20 heavy (non-hydrogen) atoms. The first-order valence-electron chi connectivity index (χ1n) is 5.07. The van der Waals surface area contributed by atoms with E-state index in [1.807, 2.05) is 0 Å². The van der Waals surface area contributed by atoms with Crippen molar-refractivity contribution in [2.75, 3.05) is 0 Å². The van der Waals surface area contributed by atoms with Crippen LogP contribution in [0.4, 0.5) is 5.69 Å². The van der Waals surface area contributed by atoms with Crippen LogP contribution in [0.2, 0.25) is 9.36 Å². The van der Waals surface area contributed by atoms with Gasteiger partial charge in [0.05, 0.1) is 4.92 Å². The Kier molecular flexibility index (Phi) is 4.48. The molecule has 0 radical (unpaired) electrons. The van der Waals surface area contributed by atoms with E-state index in [1.54, 1.807) is 0 Å². The van der Waals surface area contributed by atoms with Crippen LogP contribution in [0.5, 0.6) is 0 Å². The first-order valence-corrected chi connectivity index (χ1v) is 6.59. The van der Waals surface area contributed by atoms with Gasteiger partial charge in [-0.25, -0.2) is 4.79 Å².